The van der Waals surface area contributed by atoms with Crippen LogP contribution in [-0.2, 0) is 9.53 Å². The number of aryl methyl sites for hydroxylation is 1. The molecule has 2 atom stereocenters. The number of aromatic nitrogens is 2. The molecule has 1 aromatic carbocycles. The summed E-state index contributed by atoms with van der Waals surface area (Å²) in [4.78, 5) is 26.4. The molecule has 3 aliphatic rings. The highest BCUT2D eigenvalue weighted by Gasteiger charge is 2.57. The maximum absolute atomic E-state index is 13.5. The van der Waals surface area contributed by atoms with E-state index in [1.807, 2.05) is 36.1 Å². The van der Waals surface area contributed by atoms with Crippen LogP contribution in [0.1, 0.15) is 48.8 Å². The van der Waals surface area contributed by atoms with E-state index < -0.39 is 5.60 Å². The zero-order valence-electron chi connectivity index (χ0n) is 16.5. The van der Waals surface area contributed by atoms with E-state index in [1.54, 1.807) is 0 Å². The van der Waals surface area contributed by atoms with Gasteiger partial charge in [-0.15, -0.1) is 6.42 Å². The number of hydrogen-bond donors (Lipinski definition) is 0. The Kier molecular flexibility index (Phi) is 4.29. The molecule has 2 aromatic rings. The van der Waals surface area contributed by atoms with E-state index in [1.165, 1.54) is 5.56 Å². The minimum atomic E-state index is -0.703. The van der Waals surface area contributed by atoms with Gasteiger partial charge in [0, 0.05) is 37.7 Å². The van der Waals surface area contributed by atoms with E-state index in [4.69, 9.17) is 11.2 Å². The van der Waals surface area contributed by atoms with Crippen LogP contribution in [0.15, 0.2) is 36.4 Å². The third kappa shape index (κ3) is 2.97. The van der Waals surface area contributed by atoms with Gasteiger partial charge < -0.3 is 14.5 Å². The van der Waals surface area contributed by atoms with Crippen LogP contribution in [0.2, 0.25) is 0 Å². The van der Waals surface area contributed by atoms with Crippen molar-refractivity contribution in [1.29, 1.82) is 0 Å². The first-order valence-corrected chi connectivity index (χ1v) is 10.2. The molecule has 0 unspecified atom stereocenters. The number of fused-ring (bicyclic) bond motifs is 1. The Bertz CT molecular complexity index is 976. The Morgan fingerprint density at radius 1 is 1.17 bits per heavy atom. The summed E-state index contributed by atoms with van der Waals surface area (Å²) in [5, 5.41) is 0. The Labute approximate surface area is 170 Å². The molecule has 1 aromatic heterocycles. The Morgan fingerprint density at radius 3 is 2.66 bits per heavy atom. The fourth-order valence-electron chi connectivity index (χ4n) is 4.92. The summed E-state index contributed by atoms with van der Waals surface area (Å²) in [6.07, 6.45) is 8.55. The molecule has 0 bridgehead atoms. The molecule has 148 valence electrons. The standard InChI is InChI=1S/C23H24N4O2/c1-3-19-24-16(2)15-20(25-19)26-13-11-23(12-14-26)22(28)27-18(9-10-21(27)29-23)17-7-5-4-6-8-17/h1,4-8,15,18,21H,9-14H2,2H3/t18-,21+/m0/s1. The number of amides is 1. The predicted molar refractivity (Wildman–Crippen MR) is 109 cm³/mol. The van der Waals surface area contributed by atoms with Gasteiger partial charge in [0.1, 0.15) is 12.0 Å². The lowest BCUT2D eigenvalue weighted by Gasteiger charge is -2.38. The van der Waals surface area contributed by atoms with Gasteiger partial charge in [-0.05, 0) is 31.2 Å². The number of benzene rings is 1. The molecule has 3 aliphatic heterocycles. The van der Waals surface area contributed by atoms with Crippen LogP contribution in [0.3, 0.4) is 0 Å². The van der Waals surface area contributed by atoms with Gasteiger partial charge in [-0.3, -0.25) is 4.79 Å². The highest BCUT2D eigenvalue weighted by Crippen LogP contribution is 2.47. The van der Waals surface area contributed by atoms with Crippen molar-refractivity contribution in [3.05, 3.63) is 53.5 Å². The van der Waals surface area contributed by atoms with E-state index in [-0.39, 0.29) is 18.2 Å². The quantitative estimate of drug-likeness (QED) is 0.741. The highest BCUT2D eigenvalue weighted by molar-refractivity contribution is 5.88. The molecule has 1 amide bonds. The Hall–Kier alpha value is -2.91. The molecular formula is C23H24N4O2. The van der Waals surface area contributed by atoms with Crippen LogP contribution in [0.4, 0.5) is 5.82 Å². The molecule has 29 heavy (non-hydrogen) atoms. The average Bonchev–Trinajstić information content (AvgIpc) is 3.27. The summed E-state index contributed by atoms with van der Waals surface area (Å²) in [5.41, 5.74) is 1.34. The molecule has 6 heteroatoms. The lowest BCUT2D eigenvalue weighted by molar-refractivity contribution is -0.140. The topological polar surface area (TPSA) is 58.6 Å². The van der Waals surface area contributed by atoms with Crippen molar-refractivity contribution in [2.24, 2.45) is 0 Å². The number of ether oxygens (including phenoxy) is 1. The number of piperidine rings is 1. The molecular weight excluding hydrogens is 364 g/mol. The smallest absolute Gasteiger partial charge is 0.257 e. The molecule has 0 N–H and O–H groups in total. The first-order chi connectivity index (χ1) is 14.1. The Balaban J connectivity index is 1.34. The molecule has 3 saturated heterocycles. The zero-order chi connectivity index (χ0) is 20.0. The number of anilines is 1. The molecule has 6 nitrogen and oxygen atoms in total. The number of carbonyl (C=O) groups excluding carboxylic acids is 1. The minimum absolute atomic E-state index is 0.103. The fourth-order valence-corrected chi connectivity index (χ4v) is 4.92. The first-order valence-electron chi connectivity index (χ1n) is 10.2. The van der Waals surface area contributed by atoms with E-state index >= 15 is 0 Å². The summed E-state index contributed by atoms with van der Waals surface area (Å²) >= 11 is 0. The van der Waals surface area contributed by atoms with E-state index in [9.17, 15) is 4.79 Å². The third-order valence-electron chi connectivity index (χ3n) is 6.37. The summed E-state index contributed by atoms with van der Waals surface area (Å²) in [5.74, 6) is 3.90. The van der Waals surface area contributed by atoms with Crippen LogP contribution >= 0.6 is 0 Å². The van der Waals surface area contributed by atoms with Crippen LogP contribution < -0.4 is 4.90 Å². The van der Waals surface area contributed by atoms with Crippen molar-refractivity contribution in [2.45, 2.75) is 50.5 Å². The first kappa shape index (κ1) is 18.1. The van der Waals surface area contributed by atoms with Gasteiger partial charge in [0.15, 0.2) is 5.60 Å². The van der Waals surface area contributed by atoms with Gasteiger partial charge in [-0.2, -0.15) is 0 Å². The van der Waals surface area contributed by atoms with Gasteiger partial charge in [0.25, 0.3) is 5.91 Å². The SMILES string of the molecule is C#Cc1nc(C)cc(N2CCC3(CC2)O[C@@H]2CC[C@@H](c4ccccc4)N2C3=O)n1. The second-order valence-electron chi connectivity index (χ2n) is 8.11. The molecule has 3 fully saturated rings. The molecule has 5 rings (SSSR count). The van der Waals surface area contributed by atoms with Crippen molar-refractivity contribution < 1.29 is 9.53 Å². The van der Waals surface area contributed by atoms with Crippen LogP contribution in [-0.4, -0.2) is 45.7 Å². The van der Waals surface area contributed by atoms with Crippen molar-refractivity contribution in [2.75, 3.05) is 18.0 Å². The monoisotopic (exact) mass is 388 g/mol. The minimum Gasteiger partial charge on any atom is -0.356 e. The summed E-state index contributed by atoms with van der Waals surface area (Å²) in [7, 11) is 0. The van der Waals surface area contributed by atoms with E-state index in [2.05, 4.69) is 32.9 Å². The summed E-state index contributed by atoms with van der Waals surface area (Å²) < 4.78 is 6.42. The largest absolute Gasteiger partial charge is 0.356 e. The average molecular weight is 388 g/mol. The molecule has 0 saturated carbocycles. The molecule has 4 heterocycles. The number of nitrogens with zero attached hydrogens (tertiary/aromatic N) is 4. The van der Waals surface area contributed by atoms with Gasteiger partial charge in [0.2, 0.25) is 5.82 Å². The lowest BCUT2D eigenvalue weighted by Crippen LogP contribution is -2.50. The number of hydrogen-bond acceptors (Lipinski definition) is 5. The summed E-state index contributed by atoms with van der Waals surface area (Å²) in [6, 6.07) is 12.4. The highest BCUT2D eigenvalue weighted by atomic mass is 16.6. The van der Waals surface area contributed by atoms with E-state index in [0.717, 1.165) is 24.4 Å². The van der Waals surface area contributed by atoms with Crippen LogP contribution in [0, 0.1) is 19.3 Å². The van der Waals surface area contributed by atoms with Gasteiger partial charge in [-0.1, -0.05) is 30.3 Å². The van der Waals surface area contributed by atoms with Crippen molar-refractivity contribution in [3.63, 3.8) is 0 Å². The predicted octanol–water partition coefficient (Wildman–Crippen LogP) is 2.83. The maximum atomic E-state index is 13.5. The molecule has 0 aliphatic carbocycles. The van der Waals surface area contributed by atoms with Gasteiger partial charge >= 0.3 is 0 Å². The van der Waals surface area contributed by atoms with Crippen molar-refractivity contribution in [1.82, 2.24) is 14.9 Å². The maximum Gasteiger partial charge on any atom is 0.257 e. The van der Waals surface area contributed by atoms with Gasteiger partial charge in [0.05, 0.1) is 6.04 Å². The molecule has 1 spiro atoms. The lowest BCUT2D eigenvalue weighted by atomic mass is 9.89. The fraction of sp³-hybridized carbons (Fsp3) is 0.435. The number of terminal acetylenes is 1. The van der Waals surface area contributed by atoms with Gasteiger partial charge in [-0.25, -0.2) is 9.97 Å². The third-order valence-corrected chi connectivity index (χ3v) is 6.37. The number of rotatable bonds is 2. The van der Waals surface area contributed by atoms with Crippen LogP contribution in [0.25, 0.3) is 0 Å². The van der Waals surface area contributed by atoms with Crippen molar-refractivity contribution >= 4 is 11.7 Å². The van der Waals surface area contributed by atoms with Crippen molar-refractivity contribution in [3.8, 4) is 12.3 Å². The van der Waals surface area contributed by atoms with Crippen LogP contribution in [0.5, 0.6) is 0 Å². The van der Waals surface area contributed by atoms with E-state index in [0.29, 0.717) is 31.8 Å². The second kappa shape index (κ2) is 6.85. The normalized spacial score (nSPS) is 25.3. The zero-order valence-corrected chi connectivity index (χ0v) is 16.5. The number of carbonyl (C=O) groups is 1. The Morgan fingerprint density at radius 2 is 1.93 bits per heavy atom. The summed E-state index contributed by atoms with van der Waals surface area (Å²) in [6.45, 7) is 3.34. The second-order valence-corrected chi connectivity index (χ2v) is 8.11. The molecule has 0 radical (unpaired) electrons.